The van der Waals surface area contributed by atoms with E-state index in [0.29, 0.717) is 13.1 Å². The van der Waals surface area contributed by atoms with Crippen LogP contribution in [0.1, 0.15) is 26.7 Å². The maximum Gasteiger partial charge on any atom is 0.243 e. The van der Waals surface area contributed by atoms with Crippen LogP contribution in [0.15, 0.2) is 0 Å². The third kappa shape index (κ3) is 1.80. The molecule has 2 atom stereocenters. The van der Waals surface area contributed by atoms with E-state index < -0.39 is 5.54 Å². The molecule has 0 aliphatic carbocycles. The van der Waals surface area contributed by atoms with E-state index in [4.69, 9.17) is 0 Å². The van der Waals surface area contributed by atoms with Gasteiger partial charge in [0.2, 0.25) is 11.8 Å². The van der Waals surface area contributed by atoms with Gasteiger partial charge in [-0.1, -0.05) is 0 Å². The van der Waals surface area contributed by atoms with Crippen molar-refractivity contribution in [3.05, 3.63) is 0 Å². The third-order valence-electron chi connectivity index (χ3n) is 3.60. The van der Waals surface area contributed by atoms with Crippen LogP contribution in [0, 0.1) is 0 Å². The summed E-state index contributed by atoms with van der Waals surface area (Å²) in [5.41, 5.74) is -0.466. The summed E-state index contributed by atoms with van der Waals surface area (Å²) >= 11 is 0. The number of nitrogens with zero attached hydrogens (tertiary/aromatic N) is 1. The summed E-state index contributed by atoms with van der Waals surface area (Å²) in [6.07, 6.45) is 1.88. The van der Waals surface area contributed by atoms with Gasteiger partial charge in [-0.15, -0.1) is 0 Å². The quantitative estimate of drug-likeness (QED) is 0.631. The molecule has 0 radical (unpaired) electrons. The maximum atomic E-state index is 12.4. The van der Waals surface area contributed by atoms with Crippen molar-refractivity contribution in [1.29, 1.82) is 0 Å². The Morgan fingerprint density at radius 1 is 1.50 bits per heavy atom. The standard InChI is InChI=1S/C11H19N3O2/c1-8-9(15)12-6-7-14(8)10(16)11(2)4-3-5-13-11/h8,13H,3-7H2,1-2H3,(H,12,15). The monoisotopic (exact) mass is 225 g/mol. The topological polar surface area (TPSA) is 61.4 Å². The summed E-state index contributed by atoms with van der Waals surface area (Å²) in [5.74, 6) is 0.00791. The second-order valence-electron chi connectivity index (χ2n) is 4.83. The Morgan fingerprint density at radius 2 is 2.25 bits per heavy atom. The molecule has 0 aromatic carbocycles. The van der Waals surface area contributed by atoms with Crippen LogP contribution in [-0.4, -0.2) is 47.9 Å². The van der Waals surface area contributed by atoms with Gasteiger partial charge in [0.15, 0.2) is 0 Å². The summed E-state index contributed by atoms with van der Waals surface area (Å²) < 4.78 is 0. The molecule has 16 heavy (non-hydrogen) atoms. The summed E-state index contributed by atoms with van der Waals surface area (Å²) in [7, 11) is 0. The molecule has 2 rings (SSSR count). The highest BCUT2D eigenvalue weighted by molar-refractivity contribution is 5.92. The van der Waals surface area contributed by atoms with Crippen LogP contribution in [0.25, 0.3) is 0 Å². The smallest absolute Gasteiger partial charge is 0.243 e. The average Bonchev–Trinajstić information content (AvgIpc) is 2.70. The first-order valence-electron chi connectivity index (χ1n) is 5.88. The zero-order valence-corrected chi connectivity index (χ0v) is 9.88. The van der Waals surface area contributed by atoms with Gasteiger partial charge in [0, 0.05) is 13.1 Å². The van der Waals surface area contributed by atoms with Crippen molar-refractivity contribution in [2.75, 3.05) is 19.6 Å². The van der Waals surface area contributed by atoms with Crippen molar-refractivity contribution in [1.82, 2.24) is 15.5 Å². The van der Waals surface area contributed by atoms with Gasteiger partial charge < -0.3 is 15.5 Å². The molecule has 0 saturated carbocycles. The number of hydrogen-bond donors (Lipinski definition) is 2. The van der Waals surface area contributed by atoms with E-state index >= 15 is 0 Å². The first-order chi connectivity index (χ1) is 7.54. The molecule has 5 heteroatoms. The molecule has 0 spiro atoms. The number of amides is 2. The third-order valence-corrected chi connectivity index (χ3v) is 3.60. The number of carbonyl (C=O) groups excluding carboxylic acids is 2. The fourth-order valence-electron chi connectivity index (χ4n) is 2.45. The van der Waals surface area contributed by atoms with Crippen LogP contribution in [0.2, 0.25) is 0 Å². The SMILES string of the molecule is CC1C(=O)NCCN1C(=O)C1(C)CCCN1. The fraction of sp³-hybridized carbons (Fsp3) is 0.818. The second-order valence-corrected chi connectivity index (χ2v) is 4.83. The molecular formula is C11H19N3O2. The van der Waals surface area contributed by atoms with Gasteiger partial charge in [-0.05, 0) is 33.2 Å². The predicted octanol–water partition coefficient (Wildman–Crippen LogP) is -0.525. The molecule has 2 aliphatic rings. The minimum absolute atomic E-state index is 0.0544. The molecular weight excluding hydrogens is 206 g/mol. The van der Waals surface area contributed by atoms with Gasteiger partial charge in [0.05, 0.1) is 5.54 Å². The lowest BCUT2D eigenvalue weighted by Crippen LogP contribution is -2.62. The molecule has 2 heterocycles. The molecule has 0 aromatic heterocycles. The zero-order chi connectivity index (χ0) is 11.8. The Bertz CT molecular complexity index is 310. The molecule has 2 amide bonds. The van der Waals surface area contributed by atoms with Gasteiger partial charge in [-0.25, -0.2) is 0 Å². The molecule has 2 unspecified atom stereocenters. The molecule has 2 fully saturated rings. The number of nitrogens with one attached hydrogen (secondary N) is 2. The Kier molecular flexibility index (Phi) is 2.88. The van der Waals surface area contributed by atoms with Gasteiger partial charge in [-0.2, -0.15) is 0 Å². The van der Waals surface area contributed by atoms with Gasteiger partial charge in [0.25, 0.3) is 0 Å². The Morgan fingerprint density at radius 3 is 2.88 bits per heavy atom. The fourth-order valence-corrected chi connectivity index (χ4v) is 2.45. The molecule has 0 bridgehead atoms. The van der Waals surface area contributed by atoms with Crippen molar-refractivity contribution in [2.24, 2.45) is 0 Å². The zero-order valence-electron chi connectivity index (χ0n) is 9.88. The van der Waals surface area contributed by atoms with E-state index in [9.17, 15) is 9.59 Å². The van der Waals surface area contributed by atoms with Gasteiger partial charge in [-0.3, -0.25) is 9.59 Å². The van der Waals surface area contributed by atoms with Gasteiger partial charge in [0.1, 0.15) is 6.04 Å². The van der Waals surface area contributed by atoms with Crippen LogP contribution >= 0.6 is 0 Å². The van der Waals surface area contributed by atoms with Crippen LogP contribution in [-0.2, 0) is 9.59 Å². The van der Waals surface area contributed by atoms with E-state index in [1.807, 2.05) is 6.92 Å². The van der Waals surface area contributed by atoms with E-state index in [1.165, 1.54) is 0 Å². The first kappa shape index (κ1) is 11.4. The highest BCUT2D eigenvalue weighted by Crippen LogP contribution is 2.22. The molecule has 5 nitrogen and oxygen atoms in total. The second kappa shape index (κ2) is 4.05. The average molecular weight is 225 g/mol. The first-order valence-corrected chi connectivity index (χ1v) is 5.88. The molecule has 0 aromatic rings. The lowest BCUT2D eigenvalue weighted by Gasteiger charge is -2.38. The summed E-state index contributed by atoms with van der Waals surface area (Å²) in [5, 5.41) is 6.01. The summed E-state index contributed by atoms with van der Waals surface area (Å²) in [6, 6.07) is -0.347. The van der Waals surface area contributed by atoms with Crippen molar-refractivity contribution in [3.63, 3.8) is 0 Å². The summed E-state index contributed by atoms with van der Waals surface area (Å²) in [6.45, 7) is 5.77. The van der Waals surface area contributed by atoms with Gasteiger partial charge >= 0.3 is 0 Å². The Labute approximate surface area is 95.6 Å². The normalized spacial score (nSPS) is 35.0. The minimum Gasteiger partial charge on any atom is -0.353 e. The largest absolute Gasteiger partial charge is 0.353 e. The number of carbonyl (C=O) groups is 2. The van der Waals surface area contributed by atoms with E-state index in [2.05, 4.69) is 10.6 Å². The number of piperazine rings is 1. The predicted molar refractivity (Wildman–Crippen MR) is 59.8 cm³/mol. The lowest BCUT2D eigenvalue weighted by atomic mass is 9.97. The minimum atomic E-state index is -0.466. The van der Waals surface area contributed by atoms with Crippen LogP contribution < -0.4 is 10.6 Å². The number of hydrogen-bond acceptors (Lipinski definition) is 3. The number of rotatable bonds is 1. The lowest BCUT2D eigenvalue weighted by molar-refractivity contribution is -0.146. The molecule has 2 aliphatic heterocycles. The van der Waals surface area contributed by atoms with Crippen molar-refractivity contribution >= 4 is 11.8 Å². The van der Waals surface area contributed by atoms with E-state index in [-0.39, 0.29) is 17.9 Å². The van der Waals surface area contributed by atoms with Crippen LogP contribution in [0.3, 0.4) is 0 Å². The highest BCUT2D eigenvalue weighted by Gasteiger charge is 2.42. The highest BCUT2D eigenvalue weighted by atomic mass is 16.2. The molecule has 2 saturated heterocycles. The van der Waals surface area contributed by atoms with Crippen LogP contribution in [0.5, 0.6) is 0 Å². The maximum absolute atomic E-state index is 12.4. The molecule has 90 valence electrons. The van der Waals surface area contributed by atoms with Crippen LogP contribution in [0.4, 0.5) is 0 Å². The van der Waals surface area contributed by atoms with E-state index in [0.717, 1.165) is 19.4 Å². The van der Waals surface area contributed by atoms with E-state index in [1.54, 1.807) is 11.8 Å². The molecule has 2 N–H and O–H groups in total. The Balaban J connectivity index is 2.11. The van der Waals surface area contributed by atoms with Crippen molar-refractivity contribution < 1.29 is 9.59 Å². The van der Waals surface area contributed by atoms with Crippen molar-refractivity contribution in [3.8, 4) is 0 Å². The summed E-state index contributed by atoms with van der Waals surface area (Å²) in [4.78, 5) is 25.6. The van der Waals surface area contributed by atoms with Crippen molar-refractivity contribution in [2.45, 2.75) is 38.3 Å². The Hall–Kier alpha value is -1.10.